The summed E-state index contributed by atoms with van der Waals surface area (Å²) in [6, 6.07) is 0. The standard InChI is InChI=1S/C8H16NO2/c1-4-6-7-9(3)8(10)11-5-2/h1,4-7H2,2-3H3. The van der Waals surface area contributed by atoms with Crippen molar-refractivity contribution in [1.29, 1.82) is 0 Å². The van der Waals surface area contributed by atoms with Gasteiger partial charge in [0.05, 0.1) is 6.61 Å². The lowest BCUT2D eigenvalue weighted by Crippen LogP contribution is -2.28. The van der Waals surface area contributed by atoms with E-state index in [2.05, 4.69) is 6.92 Å². The third-order valence-electron chi connectivity index (χ3n) is 1.32. The lowest BCUT2D eigenvalue weighted by molar-refractivity contribution is 0.116. The molecule has 0 aromatic rings. The van der Waals surface area contributed by atoms with Gasteiger partial charge < -0.3 is 9.64 Å². The summed E-state index contributed by atoms with van der Waals surface area (Å²) in [5, 5.41) is 0. The smallest absolute Gasteiger partial charge is 0.409 e. The molecule has 0 heterocycles. The van der Waals surface area contributed by atoms with Gasteiger partial charge in [0.2, 0.25) is 0 Å². The van der Waals surface area contributed by atoms with Gasteiger partial charge in [-0.15, -0.1) is 0 Å². The van der Waals surface area contributed by atoms with Crippen molar-refractivity contribution in [2.24, 2.45) is 0 Å². The Balaban J connectivity index is 3.46. The molecule has 0 N–H and O–H groups in total. The summed E-state index contributed by atoms with van der Waals surface area (Å²) >= 11 is 0. The highest BCUT2D eigenvalue weighted by Crippen LogP contribution is 1.94. The van der Waals surface area contributed by atoms with Gasteiger partial charge in [-0.3, -0.25) is 0 Å². The fourth-order valence-electron chi connectivity index (χ4n) is 0.674. The van der Waals surface area contributed by atoms with Gasteiger partial charge in [0, 0.05) is 13.6 Å². The second-order valence-electron chi connectivity index (χ2n) is 2.33. The molecule has 65 valence electrons. The third-order valence-corrected chi connectivity index (χ3v) is 1.32. The van der Waals surface area contributed by atoms with Crippen LogP contribution in [0.5, 0.6) is 0 Å². The molecule has 0 saturated carbocycles. The van der Waals surface area contributed by atoms with Gasteiger partial charge in [-0.2, -0.15) is 0 Å². The Labute approximate surface area is 68.3 Å². The Kier molecular flexibility index (Phi) is 5.61. The largest absolute Gasteiger partial charge is 0.450 e. The fourth-order valence-corrected chi connectivity index (χ4v) is 0.674. The molecule has 3 heteroatoms. The van der Waals surface area contributed by atoms with Crippen LogP contribution in [0.1, 0.15) is 19.8 Å². The molecule has 0 spiro atoms. The SMILES string of the molecule is [CH2]CCCN(C)C(=O)OCC. The molecule has 1 amide bonds. The van der Waals surface area contributed by atoms with Crippen LogP contribution in [0.3, 0.4) is 0 Å². The summed E-state index contributed by atoms with van der Waals surface area (Å²) in [6.07, 6.45) is 1.53. The number of unbranched alkanes of at least 4 members (excludes halogenated alkanes) is 1. The summed E-state index contributed by atoms with van der Waals surface area (Å²) in [5.74, 6) is 0. The number of hydrogen-bond donors (Lipinski definition) is 0. The van der Waals surface area contributed by atoms with Crippen molar-refractivity contribution >= 4 is 6.09 Å². The first kappa shape index (κ1) is 10.3. The topological polar surface area (TPSA) is 29.5 Å². The predicted molar refractivity (Wildman–Crippen MR) is 44.2 cm³/mol. The minimum Gasteiger partial charge on any atom is -0.450 e. The summed E-state index contributed by atoms with van der Waals surface area (Å²) in [5.41, 5.74) is 0. The first-order valence-electron chi connectivity index (χ1n) is 3.89. The van der Waals surface area contributed by atoms with E-state index in [0.29, 0.717) is 6.61 Å². The number of amides is 1. The second kappa shape index (κ2) is 6.01. The fraction of sp³-hybridized carbons (Fsp3) is 0.750. The molecule has 0 aliphatic heterocycles. The minimum absolute atomic E-state index is 0.249. The second-order valence-corrected chi connectivity index (χ2v) is 2.33. The lowest BCUT2D eigenvalue weighted by atomic mass is 10.3. The van der Waals surface area contributed by atoms with Crippen LogP contribution in [-0.4, -0.2) is 31.2 Å². The number of ether oxygens (including phenoxy) is 1. The summed E-state index contributed by atoms with van der Waals surface area (Å²) in [6.45, 7) is 6.65. The molecule has 0 aliphatic carbocycles. The normalized spacial score (nSPS) is 9.36. The van der Waals surface area contributed by atoms with Crippen LogP contribution in [0.25, 0.3) is 0 Å². The number of rotatable bonds is 4. The summed E-state index contributed by atoms with van der Waals surface area (Å²) < 4.78 is 4.77. The Morgan fingerprint density at radius 1 is 1.64 bits per heavy atom. The van der Waals surface area contributed by atoms with Gasteiger partial charge in [0.1, 0.15) is 0 Å². The Bertz CT molecular complexity index is 115. The van der Waals surface area contributed by atoms with E-state index >= 15 is 0 Å². The number of hydrogen-bond acceptors (Lipinski definition) is 2. The third kappa shape index (κ3) is 4.65. The number of carbonyl (C=O) groups is 1. The van der Waals surface area contributed by atoms with E-state index in [1.165, 1.54) is 0 Å². The summed E-state index contributed by atoms with van der Waals surface area (Å²) in [7, 11) is 1.73. The van der Waals surface area contributed by atoms with Crippen molar-refractivity contribution in [2.45, 2.75) is 19.8 Å². The Morgan fingerprint density at radius 2 is 2.27 bits per heavy atom. The van der Waals surface area contributed by atoms with Gasteiger partial charge in [0.15, 0.2) is 0 Å². The van der Waals surface area contributed by atoms with Crippen molar-refractivity contribution in [3.05, 3.63) is 6.92 Å². The van der Waals surface area contributed by atoms with E-state index in [-0.39, 0.29) is 6.09 Å². The van der Waals surface area contributed by atoms with E-state index in [1.54, 1.807) is 18.9 Å². The van der Waals surface area contributed by atoms with Crippen molar-refractivity contribution in [3.63, 3.8) is 0 Å². The molecule has 0 rings (SSSR count). The first-order valence-corrected chi connectivity index (χ1v) is 3.89. The van der Waals surface area contributed by atoms with E-state index in [4.69, 9.17) is 4.74 Å². The quantitative estimate of drug-likeness (QED) is 0.623. The molecule has 0 aromatic carbocycles. The average Bonchev–Trinajstić information content (AvgIpc) is 2.00. The van der Waals surface area contributed by atoms with E-state index in [9.17, 15) is 4.79 Å². The van der Waals surface area contributed by atoms with Crippen LogP contribution < -0.4 is 0 Å². The lowest BCUT2D eigenvalue weighted by Gasteiger charge is -2.15. The molecule has 0 bridgehead atoms. The molecule has 0 atom stereocenters. The molecular weight excluding hydrogens is 142 g/mol. The highest BCUT2D eigenvalue weighted by atomic mass is 16.5. The Morgan fingerprint density at radius 3 is 2.73 bits per heavy atom. The molecule has 0 aromatic heterocycles. The van der Waals surface area contributed by atoms with Crippen LogP contribution in [0.15, 0.2) is 0 Å². The van der Waals surface area contributed by atoms with Crippen molar-refractivity contribution in [2.75, 3.05) is 20.2 Å². The van der Waals surface area contributed by atoms with E-state index in [0.717, 1.165) is 19.4 Å². The molecule has 11 heavy (non-hydrogen) atoms. The van der Waals surface area contributed by atoms with Crippen molar-refractivity contribution in [3.8, 4) is 0 Å². The van der Waals surface area contributed by atoms with Crippen LogP contribution in [0.2, 0.25) is 0 Å². The minimum atomic E-state index is -0.249. The average molecular weight is 158 g/mol. The Hall–Kier alpha value is -0.730. The van der Waals surface area contributed by atoms with E-state index < -0.39 is 0 Å². The van der Waals surface area contributed by atoms with Crippen LogP contribution in [0, 0.1) is 6.92 Å². The molecule has 0 fully saturated rings. The first-order chi connectivity index (χ1) is 5.22. The van der Waals surface area contributed by atoms with Crippen molar-refractivity contribution < 1.29 is 9.53 Å². The predicted octanol–water partition coefficient (Wildman–Crippen LogP) is 1.69. The van der Waals surface area contributed by atoms with Gasteiger partial charge in [-0.25, -0.2) is 4.79 Å². The van der Waals surface area contributed by atoms with Gasteiger partial charge in [-0.1, -0.05) is 13.3 Å². The maximum Gasteiger partial charge on any atom is 0.409 e. The van der Waals surface area contributed by atoms with Crippen LogP contribution >= 0.6 is 0 Å². The maximum atomic E-state index is 10.9. The molecule has 0 aliphatic rings. The number of carbonyl (C=O) groups excluding carboxylic acids is 1. The van der Waals surface area contributed by atoms with Crippen LogP contribution in [0.4, 0.5) is 4.79 Å². The van der Waals surface area contributed by atoms with Crippen LogP contribution in [-0.2, 0) is 4.74 Å². The van der Waals surface area contributed by atoms with Gasteiger partial charge >= 0.3 is 6.09 Å². The van der Waals surface area contributed by atoms with Gasteiger partial charge in [0.25, 0.3) is 0 Å². The van der Waals surface area contributed by atoms with Gasteiger partial charge in [-0.05, 0) is 13.3 Å². The zero-order chi connectivity index (χ0) is 8.69. The highest BCUT2D eigenvalue weighted by Gasteiger charge is 2.06. The number of nitrogens with zero attached hydrogens (tertiary/aromatic N) is 1. The molecule has 1 radical (unpaired) electrons. The summed E-state index contributed by atoms with van der Waals surface area (Å²) in [4.78, 5) is 12.5. The van der Waals surface area contributed by atoms with Crippen molar-refractivity contribution in [1.82, 2.24) is 4.90 Å². The molecule has 3 nitrogen and oxygen atoms in total. The maximum absolute atomic E-state index is 10.9. The molecule has 0 unspecified atom stereocenters. The molecule has 0 saturated heterocycles. The zero-order valence-corrected chi connectivity index (χ0v) is 7.30. The monoisotopic (exact) mass is 158 g/mol. The zero-order valence-electron chi connectivity index (χ0n) is 7.30. The highest BCUT2D eigenvalue weighted by molar-refractivity contribution is 5.67. The van der Waals surface area contributed by atoms with E-state index in [1.807, 2.05) is 0 Å². The molecular formula is C8H16NO2.